The summed E-state index contributed by atoms with van der Waals surface area (Å²) in [5.74, 6) is 0.427. The SMILES string of the molecule is CN1c2ccccc2Oc2cc(C(=O)O)sc21. The number of nitrogens with zero attached hydrogens (tertiary/aromatic N) is 1. The molecule has 1 N–H and O–H groups in total. The first-order valence-corrected chi connectivity index (χ1v) is 5.86. The van der Waals surface area contributed by atoms with E-state index in [-0.39, 0.29) is 4.88 Å². The standard InChI is InChI=1S/C12H9NO3S/c1-13-7-4-2-3-5-8(7)16-9-6-10(12(14)15)17-11(9)13/h2-6H,1H3,(H,14,15). The largest absolute Gasteiger partial charge is 0.477 e. The van der Waals surface area contributed by atoms with Crippen molar-refractivity contribution in [2.24, 2.45) is 0 Å². The number of carboxylic acids is 1. The summed E-state index contributed by atoms with van der Waals surface area (Å²) in [4.78, 5) is 13.2. The minimum absolute atomic E-state index is 0.287. The van der Waals surface area contributed by atoms with Crippen LogP contribution >= 0.6 is 11.3 Å². The van der Waals surface area contributed by atoms with Gasteiger partial charge >= 0.3 is 5.97 Å². The number of hydrogen-bond donors (Lipinski definition) is 1. The minimum atomic E-state index is -0.926. The molecule has 2 heterocycles. The predicted molar refractivity (Wildman–Crippen MR) is 65.9 cm³/mol. The molecule has 0 atom stereocenters. The highest BCUT2D eigenvalue weighted by Gasteiger charge is 2.25. The molecule has 3 rings (SSSR count). The predicted octanol–water partition coefficient (Wildman–Crippen LogP) is 3.32. The molecule has 0 amide bonds. The van der Waals surface area contributed by atoms with E-state index in [0.717, 1.165) is 16.4 Å². The van der Waals surface area contributed by atoms with E-state index >= 15 is 0 Å². The summed E-state index contributed by atoms with van der Waals surface area (Å²) < 4.78 is 5.68. The molecule has 86 valence electrons. The Morgan fingerprint density at radius 3 is 2.88 bits per heavy atom. The number of hydrogen-bond acceptors (Lipinski definition) is 4. The quantitative estimate of drug-likeness (QED) is 0.839. The molecule has 1 aliphatic rings. The second kappa shape index (κ2) is 3.49. The van der Waals surface area contributed by atoms with E-state index in [1.54, 1.807) is 6.07 Å². The summed E-state index contributed by atoms with van der Waals surface area (Å²) in [6, 6.07) is 9.19. The van der Waals surface area contributed by atoms with Gasteiger partial charge in [-0.1, -0.05) is 12.1 Å². The minimum Gasteiger partial charge on any atom is -0.477 e. The van der Waals surface area contributed by atoms with Crippen LogP contribution < -0.4 is 9.64 Å². The summed E-state index contributed by atoms with van der Waals surface area (Å²) in [6.07, 6.45) is 0. The lowest BCUT2D eigenvalue weighted by Crippen LogP contribution is -2.13. The van der Waals surface area contributed by atoms with Crippen molar-refractivity contribution in [2.75, 3.05) is 11.9 Å². The number of para-hydroxylation sites is 2. The van der Waals surface area contributed by atoms with E-state index in [4.69, 9.17) is 9.84 Å². The number of thiophene rings is 1. The van der Waals surface area contributed by atoms with Gasteiger partial charge in [0.15, 0.2) is 11.5 Å². The Labute approximate surface area is 102 Å². The number of anilines is 2. The van der Waals surface area contributed by atoms with Crippen LogP contribution in [0.3, 0.4) is 0 Å². The van der Waals surface area contributed by atoms with Crippen LogP contribution in [0.15, 0.2) is 30.3 Å². The van der Waals surface area contributed by atoms with Gasteiger partial charge < -0.3 is 14.7 Å². The van der Waals surface area contributed by atoms with Gasteiger partial charge in [-0.3, -0.25) is 0 Å². The third kappa shape index (κ3) is 1.47. The fourth-order valence-electron chi connectivity index (χ4n) is 1.83. The zero-order valence-corrected chi connectivity index (χ0v) is 9.82. The average Bonchev–Trinajstić information content (AvgIpc) is 2.74. The monoisotopic (exact) mass is 247 g/mol. The molecule has 0 saturated carbocycles. The van der Waals surface area contributed by atoms with Gasteiger partial charge in [0.2, 0.25) is 0 Å². The smallest absolute Gasteiger partial charge is 0.346 e. The van der Waals surface area contributed by atoms with E-state index in [9.17, 15) is 4.79 Å². The van der Waals surface area contributed by atoms with Gasteiger partial charge in [0.25, 0.3) is 0 Å². The van der Waals surface area contributed by atoms with Crippen LogP contribution in [0.25, 0.3) is 0 Å². The molecule has 0 aliphatic carbocycles. The molecule has 1 aliphatic heterocycles. The zero-order chi connectivity index (χ0) is 12.0. The van der Waals surface area contributed by atoms with Gasteiger partial charge in [-0.15, -0.1) is 11.3 Å². The molecule has 0 fully saturated rings. The van der Waals surface area contributed by atoms with Crippen LogP contribution in [0.1, 0.15) is 9.67 Å². The summed E-state index contributed by atoms with van der Waals surface area (Å²) in [5, 5.41) is 9.79. The summed E-state index contributed by atoms with van der Waals surface area (Å²) in [6.45, 7) is 0. The molecule has 0 radical (unpaired) electrons. The molecule has 1 aromatic heterocycles. The van der Waals surface area contributed by atoms with Gasteiger partial charge in [0, 0.05) is 13.1 Å². The fourth-order valence-corrected chi connectivity index (χ4v) is 2.72. The van der Waals surface area contributed by atoms with Gasteiger partial charge in [0.1, 0.15) is 9.88 Å². The van der Waals surface area contributed by atoms with Crippen LogP contribution in [0.2, 0.25) is 0 Å². The molecule has 0 unspecified atom stereocenters. The maximum atomic E-state index is 10.9. The highest BCUT2D eigenvalue weighted by molar-refractivity contribution is 7.18. The number of rotatable bonds is 1. The third-order valence-electron chi connectivity index (χ3n) is 2.64. The molecule has 1 aromatic carbocycles. The van der Waals surface area contributed by atoms with Gasteiger partial charge in [0.05, 0.1) is 5.69 Å². The van der Waals surface area contributed by atoms with Crippen molar-refractivity contribution in [1.82, 2.24) is 0 Å². The Kier molecular flexibility index (Phi) is 2.09. The van der Waals surface area contributed by atoms with Crippen molar-refractivity contribution in [3.8, 4) is 11.5 Å². The summed E-state index contributed by atoms with van der Waals surface area (Å²) >= 11 is 1.22. The van der Waals surface area contributed by atoms with Crippen molar-refractivity contribution in [2.45, 2.75) is 0 Å². The maximum absolute atomic E-state index is 10.9. The highest BCUT2D eigenvalue weighted by Crippen LogP contribution is 2.49. The van der Waals surface area contributed by atoms with Gasteiger partial charge in [-0.05, 0) is 12.1 Å². The number of benzene rings is 1. The topological polar surface area (TPSA) is 49.8 Å². The molecule has 0 bridgehead atoms. The second-order valence-corrected chi connectivity index (χ2v) is 4.74. The lowest BCUT2D eigenvalue weighted by molar-refractivity contribution is 0.0702. The van der Waals surface area contributed by atoms with Crippen molar-refractivity contribution in [3.05, 3.63) is 35.2 Å². The van der Waals surface area contributed by atoms with Gasteiger partial charge in [-0.2, -0.15) is 0 Å². The summed E-state index contributed by atoms with van der Waals surface area (Å²) in [5.41, 5.74) is 0.943. The lowest BCUT2D eigenvalue weighted by atomic mass is 10.2. The molecule has 5 heteroatoms. The lowest BCUT2D eigenvalue weighted by Gasteiger charge is -2.26. The van der Waals surface area contributed by atoms with E-state index in [0.29, 0.717) is 5.75 Å². The Balaban J connectivity index is 2.13. The van der Waals surface area contributed by atoms with E-state index in [2.05, 4.69) is 0 Å². The van der Waals surface area contributed by atoms with Crippen LogP contribution in [0, 0.1) is 0 Å². The Morgan fingerprint density at radius 2 is 2.12 bits per heavy atom. The molecule has 4 nitrogen and oxygen atoms in total. The number of fused-ring (bicyclic) bond motifs is 2. The summed E-state index contributed by atoms with van der Waals surface area (Å²) in [7, 11) is 1.91. The van der Waals surface area contributed by atoms with Gasteiger partial charge in [-0.25, -0.2) is 4.79 Å². The number of carbonyl (C=O) groups is 1. The maximum Gasteiger partial charge on any atom is 0.346 e. The fraction of sp³-hybridized carbons (Fsp3) is 0.0833. The molecular formula is C12H9NO3S. The number of aromatic carboxylic acids is 1. The molecule has 0 spiro atoms. The zero-order valence-electron chi connectivity index (χ0n) is 9.01. The Bertz CT molecular complexity index is 606. The van der Waals surface area contributed by atoms with Crippen molar-refractivity contribution < 1.29 is 14.6 Å². The first-order valence-electron chi connectivity index (χ1n) is 5.04. The van der Waals surface area contributed by atoms with Crippen molar-refractivity contribution in [1.29, 1.82) is 0 Å². The van der Waals surface area contributed by atoms with Crippen LogP contribution in [-0.2, 0) is 0 Å². The normalized spacial score (nSPS) is 12.6. The van der Waals surface area contributed by atoms with E-state index in [1.807, 2.05) is 36.2 Å². The first-order chi connectivity index (χ1) is 8.16. The van der Waals surface area contributed by atoms with Crippen molar-refractivity contribution in [3.63, 3.8) is 0 Å². The highest BCUT2D eigenvalue weighted by atomic mass is 32.1. The van der Waals surface area contributed by atoms with Crippen LogP contribution in [-0.4, -0.2) is 18.1 Å². The first kappa shape index (κ1) is 10.2. The molecule has 0 saturated heterocycles. The van der Waals surface area contributed by atoms with E-state index in [1.165, 1.54) is 11.3 Å². The average molecular weight is 247 g/mol. The molecular weight excluding hydrogens is 238 g/mol. The molecule has 2 aromatic rings. The van der Waals surface area contributed by atoms with E-state index < -0.39 is 5.97 Å². The Morgan fingerprint density at radius 1 is 1.35 bits per heavy atom. The second-order valence-electron chi connectivity index (χ2n) is 3.71. The van der Waals surface area contributed by atoms with Crippen LogP contribution in [0.4, 0.5) is 10.7 Å². The number of ether oxygens (including phenoxy) is 1. The Hall–Kier alpha value is -2.01. The third-order valence-corrected chi connectivity index (χ3v) is 3.82. The van der Waals surface area contributed by atoms with Crippen LogP contribution in [0.5, 0.6) is 11.5 Å². The molecule has 17 heavy (non-hydrogen) atoms. The van der Waals surface area contributed by atoms with Crippen molar-refractivity contribution >= 4 is 28.0 Å². The number of carboxylic acid groups (broad SMARTS) is 1.